The van der Waals surface area contributed by atoms with E-state index in [1.807, 2.05) is 72.4 Å². The van der Waals surface area contributed by atoms with Crippen LogP contribution in [0.5, 0.6) is 0 Å². The van der Waals surface area contributed by atoms with Gasteiger partial charge in [0.15, 0.2) is 17.5 Å². The smallest absolute Gasteiger partial charge is 0.164 e. The zero-order valence-corrected chi connectivity index (χ0v) is 29.5. The van der Waals surface area contributed by atoms with Crippen LogP contribution in [0.15, 0.2) is 187 Å². The fourth-order valence-electron chi connectivity index (χ4n) is 7.28. The van der Waals surface area contributed by atoms with E-state index < -0.39 is 0 Å². The molecular formula is C48H32N4S. The summed E-state index contributed by atoms with van der Waals surface area (Å²) in [4.78, 5) is 16.1. The van der Waals surface area contributed by atoms with Crippen LogP contribution in [0.4, 0.5) is 5.69 Å². The molecule has 2 heterocycles. The van der Waals surface area contributed by atoms with Gasteiger partial charge in [-0.25, -0.2) is 15.0 Å². The summed E-state index contributed by atoms with van der Waals surface area (Å²) in [5.74, 6) is 1.95. The van der Waals surface area contributed by atoms with E-state index in [-0.39, 0.29) is 5.37 Å². The second-order valence-electron chi connectivity index (χ2n) is 13.3. The van der Waals surface area contributed by atoms with Crippen LogP contribution in [0, 0.1) is 0 Å². The fourth-order valence-corrected chi connectivity index (χ4v) is 8.43. The number of benzene rings is 8. The monoisotopic (exact) mass is 696 g/mol. The molecule has 0 spiro atoms. The first-order valence-electron chi connectivity index (χ1n) is 17.8. The molecule has 1 aliphatic heterocycles. The third-order valence-electron chi connectivity index (χ3n) is 9.93. The summed E-state index contributed by atoms with van der Waals surface area (Å²) in [6.07, 6.45) is 0. The summed E-state index contributed by atoms with van der Waals surface area (Å²) in [7, 11) is 0. The van der Waals surface area contributed by atoms with E-state index in [9.17, 15) is 0 Å². The Morgan fingerprint density at radius 1 is 0.396 bits per heavy atom. The van der Waals surface area contributed by atoms with Crippen molar-refractivity contribution in [1.29, 1.82) is 0 Å². The molecule has 9 aromatic rings. The van der Waals surface area contributed by atoms with Crippen molar-refractivity contribution >= 4 is 39.0 Å². The van der Waals surface area contributed by atoms with E-state index >= 15 is 0 Å². The van der Waals surface area contributed by atoms with Crippen LogP contribution in [0.25, 0.3) is 78.0 Å². The maximum atomic E-state index is 4.96. The third kappa shape index (κ3) is 5.91. The number of aromatic nitrogens is 3. The Kier molecular flexibility index (Phi) is 7.77. The lowest BCUT2D eigenvalue weighted by molar-refractivity contribution is 1.07. The van der Waals surface area contributed by atoms with E-state index in [0.29, 0.717) is 17.5 Å². The van der Waals surface area contributed by atoms with Crippen LogP contribution in [-0.2, 0) is 0 Å². The highest BCUT2D eigenvalue weighted by molar-refractivity contribution is 8.00. The van der Waals surface area contributed by atoms with Gasteiger partial charge >= 0.3 is 0 Å². The van der Waals surface area contributed by atoms with Gasteiger partial charge in [-0.3, -0.25) is 0 Å². The molecule has 1 aliphatic rings. The first-order chi connectivity index (χ1) is 26.2. The third-order valence-corrected chi connectivity index (χ3v) is 11.2. The molecule has 0 saturated carbocycles. The summed E-state index contributed by atoms with van der Waals surface area (Å²) in [5, 5.41) is 9.07. The molecule has 1 atom stereocenters. The molecule has 1 N–H and O–H groups in total. The number of nitrogens with one attached hydrogen (secondary N) is 1. The molecule has 0 saturated heterocycles. The van der Waals surface area contributed by atoms with E-state index in [2.05, 4.69) is 127 Å². The first kappa shape index (κ1) is 31.2. The Morgan fingerprint density at radius 2 is 0.887 bits per heavy atom. The van der Waals surface area contributed by atoms with Crippen LogP contribution >= 0.6 is 11.8 Å². The number of nitrogens with zero attached hydrogens (tertiary/aromatic N) is 3. The van der Waals surface area contributed by atoms with E-state index in [0.717, 1.165) is 27.8 Å². The lowest BCUT2D eigenvalue weighted by Crippen LogP contribution is -2.01. The Hall–Kier alpha value is -6.56. The standard InChI is InChI=1S/C48H32N4S/c1-4-12-32(13-5-1)45-50-46(33-14-6-2-7-15-33)52-47(51-45)40-21-11-20-37(30-40)35-18-10-19-36(28-35)38-24-26-41-39(29-38)23-22-31-25-27-42-44(43(31)41)49-48(53-42)34-16-8-3-9-17-34/h1-30,48-49H. The van der Waals surface area contributed by atoms with Gasteiger partial charge in [-0.05, 0) is 68.2 Å². The highest BCUT2D eigenvalue weighted by atomic mass is 32.2. The lowest BCUT2D eigenvalue weighted by atomic mass is 9.94. The van der Waals surface area contributed by atoms with Gasteiger partial charge in [-0.1, -0.05) is 169 Å². The molecule has 53 heavy (non-hydrogen) atoms. The van der Waals surface area contributed by atoms with Crippen molar-refractivity contribution in [3.8, 4) is 56.4 Å². The van der Waals surface area contributed by atoms with Gasteiger partial charge in [0.1, 0.15) is 5.37 Å². The summed E-state index contributed by atoms with van der Waals surface area (Å²) >= 11 is 1.89. The normalized spacial score (nSPS) is 13.5. The predicted molar refractivity (Wildman–Crippen MR) is 221 cm³/mol. The molecule has 4 nitrogen and oxygen atoms in total. The van der Waals surface area contributed by atoms with Gasteiger partial charge in [0, 0.05) is 27.0 Å². The van der Waals surface area contributed by atoms with Crippen LogP contribution in [0.1, 0.15) is 10.9 Å². The van der Waals surface area contributed by atoms with Crippen molar-refractivity contribution in [1.82, 2.24) is 15.0 Å². The molecule has 0 fully saturated rings. The number of hydrogen-bond acceptors (Lipinski definition) is 5. The Labute approximate surface area is 312 Å². The van der Waals surface area contributed by atoms with Gasteiger partial charge < -0.3 is 5.32 Å². The predicted octanol–water partition coefficient (Wildman–Crippen LogP) is 12.7. The summed E-state index contributed by atoms with van der Waals surface area (Å²) < 4.78 is 0. The van der Waals surface area contributed by atoms with Crippen molar-refractivity contribution in [2.75, 3.05) is 5.32 Å². The zero-order chi connectivity index (χ0) is 35.1. The number of fused-ring (bicyclic) bond motifs is 5. The van der Waals surface area contributed by atoms with E-state index in [1.54, 1.807) is 0 Å². The van der Waals surface area contributed by atoms with Crippen molar-refractivity contribution in [3.05, 3.63) is 188 Å². The minimum atomic E-state index is 0.203. The molecular weight excluding hydrogens is 665 g/mol. The zero-order valence-electron chi connectivity index (χ0n) is 28.6. The molecule has 250 valence electrons. The molecule has 5 heteroatoms. The van der Waals surface area contributed by atoms with Crippen LogP contribution in [0.3, 0.4) is 0 Å². The summed E-state index contributed by atoms with van der Waals surface area (Å²) in [5.41, 5.74) is 9.96. The molecule has 0 amide bonds. The Bertz CT molecular complexity index is 2730. The second-order valence-corrected chi connectivity index (χ2v) is 14.4. The minimum Gasteiger partial charge on any atom is -0.368 e. The molecule has 10 rings (SSSR count). The molecule has 0 bridgehead atoms. The van der Waals surface area contributed by atoms with Crippen molar-refractivity contribution < 1.29 is 0 Å². The minimum absolute atomic E-state index is 0.203. The maximum absolute atomic E-state index is 4.96. The van der Waals surface area contributed by atoms with E-state index in [1.165, 1.54) is 48.8 Å². The van der Waals surface area contributed by atoms with Crippen LogP contribution in [0.2, 0.25) is 0 Å². The number of thioether (sulfide) groups is 1. The quantitative estimate of drug-likeness (QED) is 0.175. The van der Waals surface area contributed by atoms with Crippen molar-refractivity contribution in [2.45, 2.75) is 10.3 Å². The summed E-state index contributed by atoms with van der Waals surface area (Å²) in [6.45, 7) is 0. The highest BCUT2D eigenvalue weighted by Crippen LogP contribution is 2.50. The van der Waals surface area contributed by atoms with Gasteiger partial charge in [-0.2, -0.15) is 0 Å². The highest BCUT2D eigenvalue weighted by Gasteiger charge is 2.25. The van der Waals surface area contributed by atoms with Crippen LogP contribution in [-0.4, -0.2) is 15.0 Å². The van der Waals surface area contributed by atoms with E-state index in [4.69, 9.17) is 15.0 Å². The molecule has 1 aromatic heterocycles. The van der Waals surface area contributed by atoms with Crippen molar-refractivity contribution in [3.63, 3.8) is 0 Å². The fraction of sp³-hybridized carbons (Fsp3) is 0.0208. The molecule has 1 unspecified atom stereocenters. The second kappa shape index (κ2) is 13.2. The topological polar surface area (TPSA) is 50.7 Å². The summed E-state index contributed by atoms with van der Waals surface area (Å²) in [6, 6.07) is 64.0. The van der Waals surface area contributed by atoms with Gasteiger partial charge in [0.05, 0.1) is 5.69 Å². The number of rotatable bonds is 6. The first-order valence-corrected chi connectivity index (χ1v) is 18.7. The van der Waals surface area contributed by atoms with Gasteiger partial charge in [0.2, 0.25) is 0 Å². The average molecular weight is 697 g/mol. The Balaban J connectivity index is 1.00. The van der Waals surface area contributed by atoms with Gasteiger partial charge in [0.25, 0.3) is 0 Å². The number of anilines is 1. The average Bonchev–Trinajstić information content (AvgIpc) is 3.69. The number of hydrogen-bond donors (Lipinski definition) is 1. The molecule has 0 aliphatic carbocycles. The largest absolute Gasteiger partial charge is 0.368 e. The SMILES string of the molecule is c1ccc(-c2nc(-c3ccccc3)nc(-c3cccc(-c4cccc(-c5ccc6c(ccc7ccc8c(c76)NC(c6ccccc6)S8)c5)c4)c3)n2)cc1. The Morgan fingerprint density at radius 3 is 1.53 bits per heavy atom. The molecule has 0 radical (unpaired) electrons. The molecule has 8 aromatic carbocycles. The van der Waals surface area contributed by atoms with Crippen molar-refractivity contribution in [2.24, 2.45) is 0 Å². The maximum Gasteiger partial charge on any atom is 0.164 e. The van der Waals surface area contributed by atoms with Crippen LogP contribution < -0.4 is 5.32 Å². The lowest BCUT2D eigenvalue weighted by Gasteiger charge is -2.13. The van der Waals surface area contributed by atoms with Gasteiger partial charge in [-0.15, -0.1) is 0 Å².